The number of nitrogens with zero attached hydrogens (tertiary/aromatic N) is 2. The maximum Gasteiger partial charge on any atom is 0.160 e. The van der Waals surface area contributed by atoms with E-state index in [0.29, 0.717) is 18.4 Å². The zero-order chi connectivity index (χ0) is 15.4. The van der Waals surface area contributed by atoms with Gasteiger partial charge in [-0.15, -0.1) is 0 Å². The molecule has 1 saturated carbocycles. The van der Waals surface area contributed by atoms with Gasteiger partial charge in [0.2, 0.25) is 0 Å². The minimum Gasteiger partial charge on any atom is -0.370 e. The van der Waals surface area contributed by atoms with E-state index in [0.717, 1.165) is 34.8 Å². The molecular formula is C16H26BrN3O. The highest BCUT2D eigenvalue weighted by molar-refractivity contribution is 9.10. The molecule has 118 valence electrons. The number of halogens is 1. The largest absolute Gasteiger partial charge is 0.370 e. The van der Waals surface area contributed by atoms with Crippen molar-refractivity contribution in [2.24, 2.45) is 5.92 Å². The van der Waals surface area contributed by atoms with Crippen molar-refractivity contribution in [3.63, 3.8) is 0 Å². The molecule has 1 aliphatic carbocycles. The molecular weight excluding hydrogens is 330 g/mol. The third-order valence-corrected chi connectivity index (χ3v) is 4.39. The first-order valence-corrected chi connectivity index (χ1v) is 8.80. The van der Waals surface area contributed by atoms with Crippen LogP contribution >= 0.6 is 15.9 Å². The second-order valence-corrected chi connectivity index (χ2v) is 6.74. The minimum atomic E-state index is -0.0391. The van der Waals surface area contributed by atoms with Gasteiger partial charge in [0.15, 0.2) is 5.82 Å². The van der Waals surface area contributed by atoms with Gasteiger partial charge in [-0.05, 0) is 48.0 Å². The molecule has 2 rings (SSSR count). The van der Waals surface area contributed by atoms with Crippen molar-refractivity contribution in [3.8, 4) is 0 Å². The van der Waals surface area contributed by atoms with E-state index in [2.05, 4.69) is 42.0 Å². The van der Waals surface area contributed by atoms with Crippen LogP contribution in [0.15, 0.2) is 4.47 Å². The molecule has 1 aromatic rings. The fourth-order valence-corrected chi connectivity index (χ4v) is 2.98. The van der Waals surface area contributed by atoms with Crippen molar-refractivity contribution in [1.82, 2.24) is 9.97 Å². The van der Waals surface area contributed by atoms with Crippen molar-refractivity contribution in [3.05, 3.63) is 16.0 Å². The Morgan fingerprint density at radius 2 is 2.00 bits per heavy atom. The first kappa shape index (κ1) is 16.7. The summed E-state index contributed by atoms with van der Waals surface area (Å²) in [7, 11) is 0. The first-order valence-electron chi connectivity index (χ1n) is 8.01. The molecule has 0 saturated heterocycles. The van der Waals surface area contributed by atoms with E-state index in [-0.39, 0.29) is 6.10 Å². The van der Waals surface area contributed by atoms with E-state index in [1.165, 1.54) is 12.8 Å². The summed E-state index contributed by atoms with van der Waals surface area (Å²) in [6.07, 6.45) is 3.48. The quantitative estimate of drug-likeness (QED) is 0.735. The molecule has 1 atom stereocenters. The van der Waals surface area contributed by atoms with Crippen molar-refractivity contribution in [1.29, 1.82) is 0 Å². The molecule has 5 heteroatoms. The number of anilines is 1. The minimum absolute atomic E-state index is 0.0391. The summed E-state index contributed by atoms with van der Waals surface area (Å²) in [5.74, 6) is 2.67. The summed E-state index contributed by atoms with van der Waals surface area (Å²) >= 11 is 3.68. The van der Waals surface area contributed by atoms with Gasteiger partial charge < -0.3 is 10.1 Å². The normalized spacial score (nSPS) is 16.3. The number of nitrogens with one attached hydrogen (secondary N) is 1. The Balaban J connectivity index is 2.37. The predicted molar refractivity (Wildman–Crippen MR) is 89.7 cm³/mol. The fraction of sp³-hybridized carbons (Fsp3) is 0.750. The second kappa shape index (κ2) is 7.54. The Morgan fingerprint density at radius 1 is 1.29 bits per heavy atom. The smallest absolute Gasteiger partial charge is 0.160 e. The van der Waals surface area contributed by atoms with E-state index >= 15 is 0 Å². The SMILES string of the molecule is CCCNc1nc(C(OCC)C(C)C)nc(C2CC2)c1Br. The van der Waals surface area contributed by atoms with Gasteiger partial charge in [-0.2, -0.15) is 0 Å². The lowest BCUT2D eigenvalue weighted by Crippen LogP contribution is -2.17. The highest BCUT2D eigenvalue weighted by atomic mass is 79.9. The number of aromatic nitrogens is 2. The first-order chi connectivity index (χ1) is 10.1. The van der Waals surface area contributed by atoms with Crippen LogP contribution in [0.4, 0.5) is 5.82 Å². The molecule has 0 aromatic carbocycles. The predicted octanol–water partition coefficient (Wildman–Crippen LogP) is 4.67. The summed E-state index contributed by atoms with van der Waals surface area (Å²) in [6, 6.07) is 0. The highest BCUT2D eigenvalue weighted by Crippen LogP contribution is 2.44. The van der Waals surface area contributed by atoms with Crippen LogP contribution in [0.25, 0.3) is 0 Å². The molecule has 0 aliphatic heterocycles. The topological polar surface area (TPSA) is 47.0 Å². The van der Waals surface area contributed by atoms with Gasteiger partial charge in [0.1, 0.15) is 11.9 Å². The standard InChI is InChI=1S/C16H26BrN3O/c1-5-9-18-15-12(17)13(11-7-8-11)19-16(20-15)14(10(3)4)21-6-2/h10-11,14H,5-9H2,1-4H3,(H,18,19,20). The van der Waals surface area contributed by atoms with Crippen LogP contribution in [0.2, 0.25) is 0 Å². The van der Waals surface area contributed by atoms with Gasteiger partial charge in [0.25, 0.3) is 0 Å². The van der Waals surface area contributed by atoms with Gasteiger partial charge in [0, 0.05) is 19.1 Å². The van der Waals surface area contributed by atoms with Gasteiger partial charge in [-0.3, -0.25) is 0 Å². The molecule has 1 N–H and O–H groups in total. The Morgan fingerprint density at radius 3 is 2.52 bits per heavy atom. The summed E-state index contributed by atoms with van der Waals surface area (Å²) in [5, 5.41) is 3.41. The van der Waals surface area contributed by atoms with Crippen molar-refractivity contribution in [2.75, 3.05) is 18.5 Å². The number of hydrogen-bond acceptors (Lipinski definition) is 4. The van der Waals surface area contributed by atoms with Crippen LogP contribution in [-0.4, -0.2) is 23.1 Å². The van der Waals surface area contributed by atoms with Crippen LogP contribution in [-0.2, 0) is 4.74 Å². The van der Waals surface area contributed by atoms with E-state index in [9.17, 15) is 0 Å². The fourth-order valence-electron chi connectivity index (χ4n) is 2.34. The average molecular weight is 356 g/mol. The number of ether oxygens (including phenoxy) is 1. The Hall–Kier alpha value is -0.680. The maximum absolute atomic E-state index is 5.88. The number of rotatable bonds is 8. The molecule has 21 heavy (non-hydrogen) atoms. The van der Waals surface area contributed by atoms with Crippen molar-refractivity contribution < 1.29 is 4.74 Å². The Kier molecular flexibility index (Phi) is 5.99. The van der Waals surface area contributed by atoms with E-state index in [4.69, 9.17) is 14.7 Å². The van der Waals surface area contributed by atoms with Crippen molar-refractivity contribution in [2.45, 2.75) is 59.0 Å². The molecule has 0 radical (unpaired) electrons. The van der Waals surface area contributed by atoms with Crippen molar-refractivity contribution >= 4 is 21.7 Å². The van der Waals surface area contributed by atoms with Gasteiger partial charge in [0.05, 0.1) is 10.2 Å². The molecule has 4 nitrogen and oxygen atoms in total. The van der Waals surface area contributed by atoms with Crippen LogP contribution in [0.5, 0.6) is 0 Å². The van der Waals surface area contributed by atoms with E-state index in [1.807, 2.05) is 6.92 Å². The molecule has 0 bridgehead atoms. The van der Waals surface area contributed by atoms with Crippen LogP contribution < -0.4 is 5.32 Å². The Bertz CT molecular complexity index is 475. The summed E-state index contributed by atoms with van der Waals surface area (Å²) in [6.45, 7) is 10.1. The monoisotopic (exact) mass is 355 g/mol. The molecule has 1 heterocycles. The van der Waals surface area contributed by atoms with E-state index in [1.54, 1.807) is 0 Å². The van der Waals surface area contributed by atoms with Gasteiger partial charge in [-0.1, -0.05) is 20.8 Å². The molecule has 1 unspecified atom stereocenters. The highest BCUT2D eigenvalue weighted by Gasteiger charge is 2.31. The van der Waals surface area contributed by atoms with Gasteiger partial charge >= 0.3 is 0 Å². The average Bonchev–Trinajstić information content (AvgIpc) is 3.28. The summed E-state index contributed by atoms with van der Waals surface area (Å²) < 4.78 is 6.90. The molecule has 1 aromatic heterocycles. The zero-order valence-electron chi connectivity index (χ0n) is 13.4. The Labute approximate surface area is 136 Å². The van der Waals surface area contributed by atoms with Gasteiger partial charge in [-0.25, -0.2) is 9.97 Å². The lowest BCUT2D eigenvalue weighted by atomic mass is 10.1. The zero-order valence-corrected chi connectivity index (χ0v) is 15.0. The number of hydrogen-bond donors (Lipinski definition) is 1. The van der Waals surface area contributed by atoms with Crippen LogP contribution in [0.1, 0.15) is 70.5 Å². The molecule has 0 spiro atoms. The molecule has 1 aliphatic rings. The second-order valence-electron chi connectivity index (χ2n) is 5.95. The third kappa shape index (κ3) is 4.16. The third-order valence-electron chi connectivity index (χ3n) is 3.61. The molecule has 0 amide bonds. The van der Waals surface area contributed by atoms with Crippen LogP contribution in [0.3, 0.4) is 0 Å². The lowest BCUT2D eigenvalue weighted by molar-refractivity contribution is 0.0231. The van der Waals surface area contributed by atoms with Crippen LogP contribution in [0, 0.1) is 5.92 Å². The lowest BCUT2D eigenvalue weighted by Gasteiger charge is -2.21. The maximum atomic E-state index is 5.88. The van der Waals surface area contributed by atoms with E-state index < -0.39 is 0 Å². The summed E-state index contributed by atoms with van der Waals surface area (Å²) in [4.78, 5) is 9.55. The summed E-state index contributed by atoms with van der Waals surface area (Å²) in [5.41, 5.74) is 1.14. The molecule has 1 fully saturated rings.